The minimum absolute atomic E-state index is 0.0312. The van der Waals surface area contributed by atoms with E-state index in [1.807, 2.05) is 0 Å². The Morgan fingerprint density at radius 2 is 2.14 bits per heavy atom. The number of nitrogens with one attached hydrogen (secondary N) is 1. The SMILES string of the molecule is O=[N+]([O-])c1c(CS)ncnc1N[C@@H]1O[C@H](CO)[C@@H](O)[C@H]1O. The lowest BCUT2D eigenvalue weighted by Gasteiger charge is -2.17. The molecular weight excluding hydrogens is 304 g/mol. The number of ether oxygens (including phenoxy) is 1. The van der Waals surface area contributed by atoms with Crippen molar-refractivity contribution in [1.29, 1.82) is 0 Å². The molecule has 0 aromatic carbocycles. The molecule has 1 aliphatic heterocycles. The van der Waals surface area contributed by atoms with Crippen LogP contribution in [0.25, 0.3) is 0 Å². The van der Waals surface area contributed by atoms with Gasteiger partial charge in [-0.1, -0.05) is 0 Å². The van der Waals surface area contributed by atoms with Crippen LogP contribution in [0.1, 0.15) is 5.69 Å². The molecule has 1 fully saturated rings. The number of aliphatic hydroxyl groups excluding tert-OH is 3. The second-order valence-corrected chi connectivity index (χ2v) is 4.65. The Morgan fingerprint density at radius 1 is 1.43 bits per heavy atom. The lowest BCUT2D eigenvalue weighted by atomic mass is 10.1. The van der Waals surface area contributed by atoms with E-state index in [1.54, 1.807) is 0 Å². The Balaban J connectivity index is 2.26. The summed E-state index contributed by atoms with van der Waals surface area (Å²) in [5.74, 6) is -0.127. The van der Waals surface area contributed by atoms with Gasteiger partial charge in [0, 0.05) is 5.75 Å². The van der Waals surface area contributed by atoms with Crippen LogP contribution in [0.15, 0.2) is 6.33 Å². The highest BCUT2D eigenvalue weighted by Crippen LogP contribution is 2.29. The Labute approximate surface area is 124 Å². The molecule has 10 nitrogen and oxygen atoms in total. The first-order valence-electron chi connectivity index (χ1n) is 5.97. The van der Waals surface area contributed by atoms with Crippen LogP contribution in [0.2, 0.25) is 0 Å². The van der Waals surface area contributed by atoms with Gasteiger partial charge in [-0.05, 0) is 0 Å². The third kappa shape index (κ3) is 3.06. The molecule has 1 aromatic heterocycles. The maximum absolute atomic E-state index is 11.1. The van der Waals surface area contributed by atoms with E-state index in [4.69, 9.17) is 9.84 Å². The van der Waals surface area contributed by atoms with E-state index in [2.05, 4.69) is 27.9 Å². The third-order valence-electron chi connectivity index (χ3n) is 3.05. The van der Waals surface area contributed by atoms with Crippen molar-refractivity contribution in [3.63, 3.8) is 0 Å². The topological polar surface area (TPSA) is 151 Å². The minimum Gasteiger partial charge on any atom is -0.394 e. The molecule has 0 amide bonds. The second kappa shape index (κ2) is 6.49. The molecule has 1 aliphatic rings. The summed E-state index contributed by atoms with van der Waals surface area (Å²) < 4.78 is 5.18. The quantitative estimate of drug-likeness (QED) is 0.252. The summed E-state index contributed by atoms with van der Waals surface area (Å²) in [5, 5.41) is 42.1. The Kier molecular flexibility index (Phi) is 4.90. The molecule has 4 atom stereocenters. The molecule has 4 N–H and O–H groups in total. The van der Waals surface area contributed by atoms with E-state index in [1.165, 1.54) is 0 Å². The van der Waals surface area contributed by atoms with Crippen molar-refractivity contribution in [1.82, 2.24) is 9.97 Å². The Morgan fingerprint density at radius 3 is 2.67 bits per heavy atom. The van der Waals surface area contributed by atoms with Crippen molar-refractivity contribution in [2.75, 3.05) is 11.9 Å². The number of thiol groups is 1. The maximum atomic E-state index is 11.1. The molecule has 0 spiro atoms. The van der Waals surface area contributed by atoms with E-state index in [9.17, 15) is 20.3 Å². The molecule has 1 aromatic rings. The average Bonchev–Trinajstić information content (AvgIpc) is 2.74. The Bertz CT molecular complexity index is 532. The summed E-state index contributed by atoms with van der Waals surface area (Å²) in [4.78, 5) is 17.9. The van der Waals surface area contributed by atoms with Gasteiger partial charge in [0.15, 0.2) is 6.23 Å². The van der Waals surface area contributed by atoms with Crippen LogP contribution in [0.5, 0.6) is 0 Å². The molecule has 2 rings (SSSR count). The lowest BCUT2D eigenvalue weighted by molar-refractivity contribution is -0.385. The minimum atomic E-state index is -1.36. The number of hydrogen-bond donors (Lipinski definition) is 5. The van der Waals surface area contributed by atoms with Gasteiger partial charge >= 0.3 is 5.69 Å². The molecule has 2 heterocycles. The number of aromatic nitrogens is 2. The third-order valence-corrected chi connectivity index (χ3v) is 3.35. The Hall–Kier alpha value is -1.53. The van der Waals surface area contributed by atoms with Crippen molar-refractivity contribution in [2.24, 2.45) is 0 Å². The largest absolute Gasteiger partial charge is 0.394 e. The van der Waals surface area contributed by atoms with E-state index in [-0.39, 0.29) is 23.0 Å². The van der Waals surface area contributed by atoms with Crippen LogP contribution in [0, 0.1) is 10.1 Å². The molecule has 21 heavy (non-hydrogen) atoms. The van der Waals surface area contributed by atoms with Gasteiger partial charge in [0.05, 0.1) is 11.5 Å². The fourth-order valence-electron chi connectivity index (χ4n) is 1.98. The van der Waals surface area contributed by atoms with Crippen molar-refractivity contribution in [3.8, 4) is 0 Å². The molecule has 0 radical (unpaired) electrons. The van der Waals surface area contributed by atoms with Crippen molar-refractivity contribution in [2.45, 2.75) is 30.3 Å². The number of nitro groups is 1. The van der Waals surface area contributed by atoms with Gasteiger partial charge < -0.3 is 25.4 Å². The average molecular weight is 318 g/mol. The fraction of sp³-hybridized carbons (Fsp3) is 0.600. The lowest BCUT2D eigenvalue weighted by Crippen LogP contribution is -2.36. The van der Waals surface area contributed by atoms with Crippen LogP contribution in [0.4, 0.5) is 11.5 Å². The zero-order valence-corrected chi connectivity index (χ0v) is 11.6. The number of anilines is 1. The highest BCUT2D eigenvalue weighted by molar-refractivity contribution is 7.79. The van der Waals surface area contributed by atoms with E-state index >= 15 is 0 Å². The summed E-state index contributed by atoms with van der Waals surface area (Å²) in [7, 11) is 0. The molecule has 0 saturated carbocycles. The van der Waals surface area contributed by atoms with Crippen LogP contribution in [-0.2, 0) is 10.5 Å². The molecule has 0 bridgehead atoms. The zero-order valence-electron chi connectivity index (χ0n) is 10.7. The molecule has 0 unspecified atom stereocenters. The molecular formula is C10H14N4O6S. The smallest absolute Gasteiger partial charge is 0.333 e. The van der Waals surface area contributed by atoms with Crippen LogP contribution >= 0.6 is 12.6 Å². The highest BCUT2D eigenvalue weighted by Gasteiger charge is 2.43. The van der Waals surface area contributed by atoms with E-state index in [0.29, 0.717) is 0 Å². The predicted octanol–water partition coefficient (Wildman–Crippen LogP) is -1.33. The fourth-order valence-corrected chi connectivity index (χ4v) is 2.21. The zero-order chi connectivity index (χ0) is 15.6. The summed E-state index contributed by atoms with van der Waals surface area (Å²) in [6.07, 6.45) is -3.68. The first-order chi connectivity index (χ1) is 9.99. The second-order valence-electron chi connectivity index (χ2n) is 4.34. The number of rotatable bonds is 5. The molecule has 1 saturated heterocycles. The van der Waals surface area contributed by atoms with Crippen molar-refractivity contribution >= 4 is 24.1 Å². The van der Waals surface area contributed by atoms with Crippen molar-refractivity contribution < 1.29 is 25.0 Å². The molecule has 0 aliphatic carbocycles. The number of nitrogens with zero attached hydrogens (tertiary/aromatic N) is 3. The predicted molar refractivity (Wildman–Crippen MR) is 72.8 cm³/mol. The van der Waals surface area contributed by atoms with Gasteiger partial charge in [0.1, 0.15) is 30.3 Å². The van der Waals surface area contributed by atoms with Gasteiger partial charge in [0.2, 0.25) is 5.82 Å². The summed E-state index contributed by atoms with van der Waals surface area (Å²) in [5.41, 5.74) is -0.280. The van der Waals surface area contributed by atoms with E-state index < -0.39 is 36.1 Å². The molecule has 11 heteroatoms. The van der Waals surface area contributed by atoms with Crippen LogP contribution < -0.4 is 5.32 Å². The first kappa shape index (κ1) is 15.9. The summed E-state index contributed by atoms with van der Waals surface area (Å²) >= 11 is 3.96. The summed E-state index contributed by atoms with van der Waals surface area (Å²) in [6.45, 7) is -0.496. The normalized spacial score (nSPS) is 28.6. The standard InChI is InChI=1S/C10H14N4O6S/c15-1-5-7(16)8(17)10(20-5)13-9-6(14(18)19)4(2-21)11-3-12-9/h3,5,7-8,10,15-17,21H,1-2H2,(H,11,12,13)/t5-,7-,8-,10-/m1/s1. The van der Waals surface area contributed by atoms with Gasteiger partial charge in [-0.3, -0.25) is 10.1 Å². The summed E-state index contributed by atoms with van der Waals surface area (Å²) in [6, 6.07) is 0. The number of hydrogen-bond acceptors (Lipinski definition) is 10. The van der Waals surface area contributed by atoms with Crippen LogP contribution in [0.3, 0.4) is 0 Å². The van der Waals surface area contributed by atoms with Gasteiger partial charge in [-0.2, -0.15) is 12.6 Å². The van der Waals surface area contributed by atoms with Crippen molar-refractivity contribution in [3.05, 3.63) is 22.1 Å². The van der Waals surface area contributed by atoms with Gasteiger partial charge in [-0.25, -0.2) is 9.97 Å². The monoisotopic (exact) mass is 318 g/mol. The number of aliphatic hydroxyl groups is 3. The van der Waals surface area contributed by atoms with Gasteiger partial charge in [-0.15, -0.1) is 0 Å². The van der Waals surface area contributed by atoms with Gasteiger partial charge in [0.25, 0.3) is 0 Å². The van der Waals surface area contributed by atoms with Crippen LogP contribution in [-0.4, -0.2) is 61.4 Å². The van der Waals surface area contributed by atoms with E-state index in [0.717, 1.165) is 6.33 Å². The first-order valence-corrected chi connectivity index (χ1v) is 6.61. The molecule has 116 valence electrons. The maximum Gasteiger partial charge on any atom is 0.333 e. The highest BCUT2D eigenvalue weighted by atomic mass is 32.1.